The Morgan fingerprint density at radius 3 is 1.75 bits per heavy atom. The smallest absolute Gasteiger partial charge is 0.0274 e. The fourth-order valence-corrected chi connectivity index (χ4v) is 1.94. The molecule has 0 N–H and O–H groups in total. The van der Waals surface area contributed by atoms with E-state index in [1.165, 1.54) is 70.6 Å². The van der Waals surface area contributed by atoms with E-state index < -0.39 is 0 Å². The van der Waals surface area contributed by atoms with Crippen molar-refractivity contribution in [2.24, 2.45) is 0 Å². The van der Waals surface area contributed by atoms with Crippen molar-refractivity contribution in [1.82, 2.24) is 0 Å². The van der Waals surface area contributed by atoms with Gasteiger partial charge in [0, 0.05) is 0 Å². The molecule has 0 saturated heterocycles. The molecule has 0 nitrogen and oxygen atoms in total. The fourth-order valence-electron chi connectivity index (χ4n) is 1.94. The summed E-state index contributed by atoms with van der Waals surface area (Å²) in [6.45, 7) is 4.30. The van der Waals surface area contributed by atoms with Gasteiger partial charge in [-0.3, -0.25) is 0 Å². The van der Waals surface area contributed by atoms with E-state index in [2.05, 4.69) is 18.7 Å². The average molecular weight is 222 g/mol. The molecule has 0 fully saturated rings. The van der Waals surface area contributed by atoms with Gasteiger partial charge in [-0.15, -0.1) is 5.73 Å². The Hall–Kier alpha value is -0.480. The van der Waals surface area contributed by atoms with Crippen LogP contribution in [0.15, 0.2) is 17.9 Å². The van der Waals surface area contributed by atoms with E-state index in [1.54, 1.807) is 0 Å². The van der Waals surface area contributed by atoms with Crippen molar-refractivity contribution in [2.45, 2.75) is 84.5 Å². The minimum atomic E-state index is 1.21. The zero-order valence-electron chi connectivity index (χ0n) is 11.4. The molecule has 0 rings (SSSR count). The van der Waals surface area contributed by atoms with Crippen molar-refractivity contribution < 1.29 is 0 Å². The second-order valence-corrected chi connectivity index (χ2v) is 4.63. The lowest BCUT2D eigenvalue weighted by molar-refractivity contribution is 0.557. The minimum Gasteiger partial charge on any atom is -0.130 e. The van der Waals surface area contributed by atoms with E-state index in [0.29, 0.717) is 0 Å². The van der Waals surface area contributed by atoms with Gasteiger partial charge in [-0.2, -0.15) is 0 Å². The fraction of sp³-hybridized carbons (Fsp3) is 0.812. The predicted molar refractivity (Wildman–Crippen MR) is 74.8 cm³/mol. The second kappa shape index (κ2) is 14.5. The molecule has 0 heterocycles. The highest BCUT2D eigenvalue weighted by Gasteiger charge is 1.91. The summed E-state index contributed by atoms with van der Waals surface area (Å²) in [7, 11) is 0. The number of allylic oxidation sites excluding steroid dienone is 1. The maximum Gasteiger partial charge on any atom is -0.0274 e. The summed E-state index contributed by atoms with van der Waals surface area (Å²) in [6, 6.07) is 0. The molecular weight excluding hydrogens is 192 g/mol. The maximum atomic E-state index is 3.13. The molecule has 0 unspecified atom stereocenters. The van der Waals surface area contributed by atoms with Gasteiger partial charge in [-0.05, 0) is 31.9 Å². The highest BCUT2D eigenvalue weighted by molar-refractivity contribution is 4.81. The van der Waals surface area contributed by atoms with Crippen molar-refractivity contribution in [3.63, 3.8) is 0 Å². The number of hydrogen-bond donors (Lipinski definition) is 0. The first-order valence-electron chi connectivity index (χ1n) is 7.27. The quantitative estimate of drug-likeness (QED) is 0.296. The van der Waals surface area contributed by atoms with E-state index in [0.717, 1.165) is 0 Å². The molecule has 16 heavy (non-hydrogen) atoms. The van der Waals surface area contributed by atoms with Crippen LogP contribution < -0.4 is 0 Å². The van der Waals surface area contributed by atoms with Crippen LogP contribution in [0.3, 0.4) is 0 Å². The van der Waals surface area contributed by atoms with Gasteiger partial charge < -0.3 is 0 Å². The summed E-state index contributed by atoms with van der Waals surface area (Å²) in [5, 5.41) is 0. The Kier molecular flexibility index (Phi) is 14.1. The SMILES string of the molecule is CC=C=CCCCCCCCCCCCC. The van der Waals surface area contributed by atoms with Gasteiger partial charge in [0.25, 0.3) is 0 Å². The van der Waals surface area contributed by atoms with Crippen molar-refractivity contribution in [3.8, 4) is 0 Å². The number of rotatable bonds is 11. The molecule has 94 valence electrons. The lowest BCUT2D eigenvalue weighted by Gasteiger charge is -2.00. The van der Waals surface area contributed by atoms with Crippen molar-refractivity contribution >= 4 is 0 Å². The Bertz CT molecular complexity index is 172. The summed E-state index contributed by atoms with van der Waals surface area (Å²) in [5.41, 5.74) is 3.13. The van der Waals surface area contributed by atoms with Gasteiger partial charge >= 0.3 is 0 Å². The lowest BCUT2D eigenvalue weighted by Crippen LogP contribution is -1.81. The molecule has 0 aliphatic heterocycles. The largest absolute Gasteiger partial charge is 0.130 e. The normalized spacial score (nSPS) is 9.88. The third-order valence-corrected chi connectivity index (χ3v) is 2.99. The van der Waals surface area contributed by atoms with E-state index in [9.17, 15) is 0 Å². The monoisotopic (exact) mass is 222 g/mol. The van der Waals surface area contributed by atoms with Crippen LogP contribution in [0.4, 0.5) is 0 Å². The van der Waals surface area contributed by atoms with Crippen molar-refractivity contribution in [3.05, 3.63) is 17.9 Å². The Balaban J connectivity index is 2.96. The predicted octanol–water partition coefficient (Wildman–Crippen LogP) is 6.03. The van der Waals surface area contributed by atoms with Gasteiger partial charge in [-0.25, -0.2) is 0 Å². The molecule has 0 spiro atoms. The first-order valence-corrected chi connectivity index (χ1v) is 7.27. The average Bonchev–Trinajstić information content (AvgIpc) is 2.31. The zero-order chi connectivity index (χ0) is 11.9. The van der Waals surface area contributed by atoms with Gasteiger partial charge in [-0.1, -0.05) is 64.7 Å². The van der Waals surface area contributed by atoms with Crippen molar-refractivity contribution in [2.75, 3.05) is 0 Å². The molecule has 0 radical (unpaired) electrons. The third-order valence-electron chi connectivity index (χ3n) is 2.99. The molecule has 0 bridgehead atoms. The molecule has 0 aromatic carbocycles. The van der Waals surface area contributed by atoms with Crippen molar-refractivity contribution in [1.29, 1.82) is 0 Å². The maximum absolute atomic E-state index is 3.13. The molecule has 0 atom stereocenters. The molecule has 0 aliphatic rings. The molecule has 0 aliphatic carbocycles. The first kappa shape index (κ1) is 15.5. The summed E-state index contributed by atoms with van der Waals surface area (Å²) in [5.74, 6) is 0. The van der Waals surface area contributed by atoms with E-state index in [4.69, 9.17) is 0 Å². The van der Waals surface area contributed by atoms with Gasteiger partial charge in [0.1, 0.15) is 0 Å². The minimum absolute atomic E-state index is 1.21. The molecule has 0 aromatic heterocycles. The van der Waals surface area contributed by atoms with E-state index in [-0.39, 0.29) is 0 Å². The van der Waals surface area contributed by atoms with E-state index in [1.807, 2.05) is 13.0 Å². The van der Waals surface area contributed by atoms with Crippen LogP contribution in [0.1, 0.15) is 84.5 Å². The van der Waals surface area contributed by atoms with Crippen LogP contribution in [-0.4, -0.2) is 0 Å². The molecular formula is C16H30. The van der Waals surface area contributed by atoms with E-state index >= 15 is 0 Å². The summed E-state index contributed by atoms with van der Waals surface area (Å²) < 4.78 is 0. The van der Waals surface area contributed by atoms with Gasteiger partial charge in [0.2, 0.25) is 0 Å². The lowest BCUT2D eigenvalue weighted by atomic mass is 10.1. The van der Waals surface area contributed by atoms with Crippen LogP contribution in [0, 0.1) is 0 Å². The summed E-state index contributed by atoms with van der Waals surface area (Å²) >= 11 is 0. The van der Waals surface area contributed by atoms with Gasteiger partial charge in [0.05, 0.1) is 0 Å². The third kappa shape index (κ3) is 13.5. The highest BCUT2D eigenvalue weighted by Crippen LogP contribution is 2.11. The molecule has 0 amide bonds. The van der Waals surface area contributed by atoms with Crippen LogP contribution in [0.25, 0.3) is 0 Å². The zero-order valence-corrected chi connectivity index (χ0v) is 11.4. The van der Waals surface area contributed by atoms with Crippen LogP contribution >= 0.6 is 0 Å². The first-order chi connectivity index (χ1) is 7.91. The molecule has 0 heteroatoms. The molecule has 0 aromatic rings. The topological polar surface area (TPSA) is 0 Å². The number of hydrogen-bond acceptors (Lipinski definition) is 0. The summed E-state index contributed by atoms with van der Waals surface area (Å²) in [6.07, 6.45) is 19.6. The standard InChI is InChI=1S/C16H30/c1-3-5-7-9-11-13-15-16-14-12-10-8-6-4-2/h3,7H,4,6,8-16H2,1-2H3. The second-order valence-electron chi connectivity index (χ2n) is 4.63. The Labute approximate surface area is 103 Å². The van der Waals surface area contributed by atoms with Gasteiger partial charge in [0.15, 0.2) is 0 Å². The number of unbranched alkanes of at least 4 members (excludes halogenated alkanes) is 10. The molecule has 0 saturated carbocycles. The van der Waals surface area contributed by atoms with Crippen LogP contribution in [-0.2, 0) is 0 Å². The van der Waals surface area contributed by atoms with Crippen LogP contribution in [0.5, 0.6) is 0 Å². The van der Waals surface area contributed by atoms with Crippen LogP contribution in [0.2, 0.25) is 0 Å². The Morgan fingerprint density at radius 1 is 0.750 bits per heavy atom. The summed E-state index contributed by atoms with van der Waals surface area (Å²) in [4.78, 5) is 0. The highest BCUT2D eigenvalue weighted by atomic mass is 14.0. The Morgan fingerprint density at radius 2 is 1.25 bits per heavy atom.